The molecule has 13 heteroatoms. The molecule has 0 saturated heterocycles. The first-order chi connectivity index (χ1) is 24.6. The van der Waals surface area contributed by atoms with Crippen molar-refractivity contribution < 1.29 is 38.6 Å². The minimum atomic E-state index is -0.573. The van der Waals surface area contributed by atoms with Crippen LogP contribution in [0.15, 0.2) is 27.8 Å². The molecule has 0 spiro atoms. The molecule has 0 atom stereocenters. The molecule has 0 aliphatic heterocycles. The monoisotopic (exact) mass is 703 g/mol. The summed E-state index contributed by atoms with van der Waals surface area (Å²) in [5.41, 5.74) is 2.67. The van der Waals surface area contributed by atoms with Gasteiger partial charge in [-0.15, -0.1) is 6.42 Å². The Morgan fingerprint density at radius 2 is 1.51 bits per heavy atom. The van der Waals surface area contributed by atoms with E-state index in [1.54, 1.807) is 6.92 Å². The van der Waals surface area contributed by atoms with E-state index in [-0.39, 0.29) is 29.9 Å². The van der Waals surface area contributed by atoms with E-state index in [0.29, 0.717) is 18.4 Å². The predicted octanol–water partition coefficient (Wildman–Crippen LogP) is 7.30. The molecule has 1 fully saturated rings. The first-order valence-corrected chi connectivity index (χ1v) is 14.7. The average molecular weight is 704 g/mol. The van der Waals surface area contributed by atoms with Gasteiger partial charge in [-0.05, 0) is 145 Å². The van der Waals surface area contributed by atoms with Crippen LogP contribution in [0.3, 0.4) is 0 Å². The number of amides is 1. The fourth-order valence-electron chi connectivity index (χ4n) is 3.44. The normalized spacial score (nSPS) is 10.3. The van der Waals surface area contributed by atoms with Crippen LogP contribution in [-0.4, -0.2) is 30.7 Å². The number of aryl methyl sites for hydroxylation is 1. The summed E-state index contributed by atoms with van der Waals surface area (Å²) in [6.07, 6.45) is 8.86. The van der Waals surface area contributed by atoms with E-state index in [1.807, 2.05) is 19.1 Å². The Kier molecular flexibility index (Phi) is 19.8. The van der Waals surface area contributed by atoms with Gasteiger partial charge in [0.15, 0.2) is 5.65 Å². The van der Waals surface area contributed by atoms with Gasteiger partial charge in [0.25, 0.3) is 0 Å². The maximum absolute atomic E-state index is 12.3. The Labute approximate surface area is 317 Å². The largest absolute Gasteiger partial charge is 0.337 e. The number of fused-ring (bicyclic) bond motifs is 1. The van der Waals surface area contributed by atoms with E-state index in [0.717, 1.165) is 29.7 Å². The third-order valence-corrected chi connectivity index (χ3v) is 5.49. The molecule has 3 rings (SSSR count). The summed E-state index contributed by atoms with van der Waals surface area (Å²) in [5, 5.41) is 27.2. The molecule has 4 N–H and O–H groups in total. The molecule has 0 radical (unpaired) electrons. The molecule has 1 aliphatic rings. The average Bonchev–Trinajstić information content (AvgIpc) is 3.39. The number of nitrogens with zero attached hydrogens (tertiary/aromatic N) is 7. The second kappa shape index (κ2) is 24.4. The highest BCUT2D eigenvalue weighted by Gasteiger charge is 2.27. The van der Waals surface area contributed by atoms with E-state index in [1.165, 1.54) is 6.42 Å². The molecule has 1 amide bonds. The van der Waals surface area contributed by atoms with Crippen LogP contribution in [0.4, 0.5) is 5.95 Å². The number of aromatic nitrogens is 3. The van der Waals surface area contributed by atoms with Crippen LogP contribution >= 0.6 is 0 Å². The first-order valence-electron chi connectivity index (χ1n) is 14.7. The van der Waals surface area contributed by atoms with E-state index in [9.17, 15) is 10.0 Å². The molecule has 0 aromatic carbocycles. The summed E-state index contributed by atoms with van der Waals surface area (Å²) in [5.74, 6) is 52.0. The molecule has 278 valence electrons. The van der Waals surface area contributed by atoms with Gasteiger partial charge in [-0.25, -0.2) is 9.97 Å². The lowest BCUT2D eigenvalue weighted by molar-refractivity contribution is -0.873. The molecule has 0 bridgehead atoms. The number of imidazole rings is 1. The van der Waals surface area contributed by atoms with Crippen LogP contribution < -0.4 is 11.2 Å². The molecule has 2 heterocycles. The molecule has 1 saturated carbocycles. The van der Waals surface area contributed by atoms with E-state index < -0.39 is 5.02 Å². The van der Waals surface area contributed by atoms with Gasteiger partial charge in [0.1, 0.15) is 5.52 Å². The first kappa shape index (κ1) is 41.3. The van der Waals surface area contributed by atoms with Crippen molar-refractivity contribution in [2.45, 2.75) is 66.3 Å². The number of anilines is 1. The number of carbonyl (C=O) groups is 1. The van der Waals surface area contributed by atoms with Gasteiger partial charge in [-0.3, -0.25) is 25.8 Å². The molecular formula is C38H57N9O4. The van der Waals surface area contributed by atoms with Crippen molar-refractivity contribution in [3.8, 4) is 119 Å². The highest BCUT2D eigenvalue weighted by Crippen LogP contribution is 2.36. The van der Waals surface area contributed by atoms with Gasteiger partial charge in [-0.2, -0.15) is 0 Å². The van der Waals surface area contributed by atoms with Crippen LogP contribution in [0.1, 0.15) is 83.7 Å². The zero-order valence-corrected chi connectivity index (χ0v) is 28.5. The molecule has 2 aromatic heterocycles. The maximum Gasteiger partial charge on any atom is 0.227 e. The van der Waals surface area contributed by atoms with Gasteiger partial charge in [0, 0.05) is 48.5 Å². The lowest BCUT2D eigenvalue weighted by Gasteiger charge is -2.28. The third kappa shape index (κ3) is 18.9. The number of hydrogen-bond donors (Lipinski definition) is 3. The maximum atomic E-state index is 12.3. The summed E-state index contributed by atoms with van der Waals surface area (Å²) in [7, 11) is 0. The van der Waals surface area contributed by atoms with Crippen molar-refractivity contribution in [1.29, 1.82) is 0 Å². The summed E-state index contributed by atoms with van der Waals surface area (Å²) >= 11 is 0. The van der Waals surface area contributed by atoms with Crippen molar-refractivity contribution in [2.24, 2.45) is 26.9 Å². The SMILES string of the molecule is C#CC#CC#CC#CC#CC#CC#CC#CC#CC#CC.Cc1ccc2nc(NC(=O)CC(C)(C)C)n(C3CCC3)c2n1.NN=NN=[N+]([O-])OO.[HH].[HH].[HH].[HH].[HH].[HH].[HH].[HH].[HH].[HH].[HH].[HH].[HH]. The number of rotatable bonds is 5. The molecule has 51 heavy (non-hydrogen) atoms. The van der Waals surface area contributed by atoms with Crippen LogP contribution in [0.25, 0.3) is 11.2 Å². The summed E-state index contributed by atoms with van der Waals surface area (Å²) < 4.78 is 2.12. The van der Waals surface area contributed by atoms with Gasteiger partial charge in [0.2, 0.25) is 22.3 Å². The second-order valence-electron chi connectivity index (χ2n) is 10.6. The van der Waals surface area contributed by atoms with Crippen molar-refractivity contribution in [1.82, 2.24) is 14.5 Å². The minimum absolute atomic E-state index is 0. The fourth-order valence-corrected chi connectivity index (χ4v) is 3.44. The van der Waals surface area contributed by atoms with Crippen molar-refractivity contribution >= 4 is 23.0 Å². The van der Waals surface area contributed by atoms with Crippen molar-refractivity contribution in [3.63, 3.8) is 0 Å². The lowest BCUT2D eigenvalue weighted by Crippen LogP contribution is -2.24. The van der Waals surface area contributed by atoms with Crippen molar-refractivity contribution in [3.05, 3.63) is 23.0 Å². The van der Waals surface area contributed by atoms with Gasteiger partial charge in [0.05, 0.1) is 10.2 Å². The van der Waals surface area contributed by atoms with Crippen LogP contribution in [0.2, 0.25) is 0 Å². The van der Waals surface area contributed by atoms with Gasteiger partial charge in [-0.1, -0.05) is 26.7 Å². The molecule has 2 aromatic rings. The number of nitrogens with one attached hydrogen (secondary N) is 1. The Morgan fingerprint density at radius 3 is 1.92 bits per heavy atom. The number of pyridine rings is 1. The molecular weight excluding hydrogens is 646 g/mol. The minimum Gasteiger partial charge on any atom is -0.337 e. The quantitative estimate of drug-likeness (QED) is 0.0961. The second-order valence-corrected chi connectivity index (χ2v) is 10.6. The van der Waals surface area contributed by atoms with Crippen LogP contribution in [0, 0.1) is 136 Å². The van der Waals surface area contributed by atoms with E-state index in [4.69, 9.17) is 11.7 Å². The predicted molar refractivity (Wildman–Crippen MR) is 219 cm³/mol. The Morgan fingerprint density at radius 1 is 1.00 bits per heavy atom. The lowest BCUT2D eigenvalue weighted by atomic mass is 9.92. The molecule has 0 unspecified atom stereocenters. The summed E-state index contributed by atoms with van der Waals surface area (Å²) in [6.45, 7) is 9.86. The van der Waals surface area contributed by atoms with Crippen LogP contribution in [-0.2, 0) is 9.78 Å². The van der Waals surface area contributed by atoms with E-state index >= 15 is 0 Å². The standard InChI is InChI=1S/C21H4.C17H24N4O.H3N5O3.13H2/c1-3-5-7-9-11-13-15-17-19-21-20-18-16-14-12-10-8-6-4-2;1-11-8-9-13-15(18-11)21(12-6-5-7-12)16(19-13)20-14(22)10-17(2,3)4;1-2-3-4-5(6)8-7;;;;;;;;;;;;;/h1H,2H3;8-9,12H,5-7,10H2,1-4H3,(H,19,20,22);7H,(H2,1,3);13*1H. The Bertz CT molecular complexity index is 2300. The molecule has 13 nitrogen and oxygen atoms in total. The number of carbonyl (C=O) groups excluding carboxylic acids is 1. The number of hydrogen-bond acceptors (Lipinski definition) is 7. The van der Waals surface area contributed by atoms with Crippen molar-refractivity contribution in [2.75, 3.05) is 5.32 Å². The summed E-state index contributed by atoms with van der Waals surface area (Å²) in [4.78, 5) is 24.4. The fraction of sp³-hybridized carbons (Fsp3) is 0.289. The Hall–Kier alpha value is -7.75. The number of terminal acetylenes is 1. The molecule has 1 aliphatic carbocycles. The zero-order valence-electron chi connectivity index (χ0n) is 28.5. The van der Waals surface area contributed by atoms with Gasteiger partial charge >= 0.3 is 0 Å². The van der Waals surface area contributed by atoms with E-state index in [2.05, 4.69) is 180 Å². The number of nitrogens with two attached hydrogens (primary N) is 1. The van der Waals surface area contributed by atoms with Crippen LogP contribution in [0.5, 0.6) is 0 Å². The highest BCUT2D eigenvalue weighted by molar-refractivity contribution is 5.91. The summed E-state index contributed by atoms with van der Waals surface area (Å²) in [6, 6.07) is 4.34. The third-order valence-electron chi connectivity index (χ3n) is 5.49. The van der Waals surface area contributed by atoms with Gasteiger partial charge < -0.3 is 10.2 Å². The highest BCUT2D eigenvalue weighted by atomic mass is 17.2. The Balaban J connectivity index is -0.0000000539. The smallest absolute Gasteiger partial charge is 0.227 e. The zero-order chi connectivity index (χ0) is 37.7. The topological polar surface area (TPSA) is 178 Å².